The molecule has 0 aromatic rings. The third kappa shape index (κ3) is 0.802. The summed E-state index contributed by atoms with van der Waals surface area (Å²) in [5.74, 6) is 0.219. The largest absolute Gasteiger partial charge is 0.451 e. The van der Waals surface area contributed by atoms with Crippen molar-refractivity contribution >= 4 is 11.8 Å². The molecule has 0 unspecified atom stereocenters. The highest BCUT2D eigenvalue weighted by molar-refractivity contribution is 6.00. The minimum Gasteiger partial charge on any atom is -0.451 e. The Kier molecular flexibility index (Phi) is 1.62. The van der Waals surface area contributed by atoms with Crippen molar-refractivity contribution in [2.45, 2.75) is 52.1 Å². The minimum absolute atomic E-state index is 0.0330. The van der Waals surface area contributed by atoms with E-state index >= 15 is 0 Å². The molecule has 1 spiro atoms. The maximum atomic E-state index is 12.6. The number of hydrogen-bond donors (Lipinski definition) is 0. The summed E-state index contributed by atoms with van der Waals surface area (Å²) >= 11 is 0. The first-order chi connectivity index (χ1) is 7.34. The van der Waals surface area contributed by atoms with Crippen LogP contribution in [0.4, 0.5) is 0 Å². The van der Waals surface area contributed by atoms with Gasteiger partial charge in [-0.2, -0.15) is 0 Å². The lowest BCUT2D eigenvalue weighted by Crippen LogP contribution is -2.46. The molecule has 2 aliphatic carbocycles. The Labute approximate surface area is 95.5 Å². The summed E-state index contributed by atoms with van der Waals surface area (Å²) < 4.78 is 5.47. The van der Waals surface area contributed by atoms with Crippen LogP contribution in [0.3, 0.4) is 0 Å². The number of ketones is 1. The van der Waals surface area contributed by atoms with E-state index in [0.29, 0.717) is 12.8 Å². The van der Waals surface area contributed by atoms with Crippen LogP contribution >= 0.6 is 0 Å². The van der Waals surface area contributed by atoms with Crippen LogP contribution in [-0.2, 0) is 14.3 Å². The summed E-state index contributed by atoms with van der Waals surface area (Å²) in [5.41, 5.74) is -1.08. The summed E-state index contributed by atoms with van der Waals surface area (Å²) in [6.45, 7) is 6.36. The van der Waals surface area contributed by atoms with Crippen LogP contribution in [0.25, 0.3) is 0 Å². The lowest BCUT2D eigenvalue weighted by atomic mass is 9.70. The van der Waals surface area contributed by atoms with Crippen LogP contribution in [-0.4, -0.2) is 17.4 Å². The second kappa shape index (κ2) is 2.52. The number of fused-ring (bicyclic) bond motifs is 3. The number of ether oxygens (including phenoxy) is 1. The molecular weight excluding hydrogens is 204 g/mol. The highest BCUT2D eigenvalue weighted by Gasteiger charge is 2.75. The second-order valence-electron chi connectivity index (χ2n) is 6.34. The van der Waals surface area contributed by atoms with Crippen molar-refractivity contribution < 1.29 is 14.3 Å². The number of Topliss-reactive ketones (excluding diaryl/α,β-unsaturated/α-hetero) is 1. The summed E-state index contributed by atoms with van der Waals surface area (Å²) in [6, 6.07) is 0. The van der Waals surface area contributed by atoms with Crippen LogP contribution < -0.4 is 0 Å². The van der Waals surface area contributed by atoms with Gasteiger partial charge in [-0.15, -0.1) is 0 Å². The van der Waals surface area contributed by atoms with Gasteiger partial charge in [-0.1, -0.05) is 20.8 Å². The first kappa shape index (κ1) is 10.3. The molecule has 3 atom stereocenters. The summed E-state index contributed by atoms with van der Waals surface area (Å²) in [6.07, 6.45) is 2.98. The van der Waals surface area contributed by atoms with Gasteiger partial charge in [-0.3, -0.25) is 9.59 Å². The lowest BCUT2D eigenvalue weighted by molar-refractivity contribution is -0.163. The van der Waals surface area contributed by atoms with Gasteiger partial charge in [0.05, 0.1) is 0 Å². The maximum absolute atomic E-state index is 12.6. The smallest absolute Gasteiger partial charge is 0.306 e. The zero-order chi connectivity index (χ0) is 11.8. The fraction of sp³-hybridized carbons (Fsp3) is 0.846. The molecule has 0 aromatic heterocycles. The molecule has 1 heterocycles. The Balaban J connectivity index is 2.13. The van der Waals surface area contributed by atoms with Gasteiger partial charge in [0, 0.05) is 24.2 Å². The van der Waals surface area contributed by atoms with Gasteiger partial charge in [-0.05, 0) is 18.3 Å². The molecule has 2 bridgehead atoms. The van der Waals surface area contributed by atoms with Crippen LogP contribution in [0, 0.1) is 16.7 Å². The zero-order valence-corrected chi connectivity index (χ0v) is 10.1. The molecule has 3 heteroatoms. The standard InChI is InChI=1S/C13H18O3/c1-11(2)8-4-6-12(11,3)10(15)13(8)7-5-9(14)16-13/h8H,4-7H2,1-3H3/t8-,12-,13-/m1/s1. The van der Waals surface area contributed by atoms with Crippen molar-refractivity contribution in [3.8, 4) is 0 Å². The van der Waals surface area contributed by atoms with Crippen LogP contribution in [0.1, 0.15) is 46.5 Å². The second-order valence-corrected chi connectivity index (χ2v) is 6.34. The molecule has 3 aliphatic rings. The number of rotatable bonds is 0. The molecule has 0 radical (unpaired) electrons. The van der Waals surface area contributed by atoms with Gasteiger partial charge < -0.3 is 4.74 Å². The third-order valence-electron chi connectivity index (χ3n) is 5.67. The van der Waals surface area contributed by atoms with Gasteiger partial charge in [0.2, 0.25) is 0 Å². The topological polar surface area (TPSA) is 43.4 Å². The molecule has 0 aromatic carbocycles. The van der Waals surface area contributed by atoms with Crippen LogP contribution in [0.5, 0.6) is 0 Å². The first-order valence-electron chi connectivity index (χ1n) is 6.11. The Hall–Kier alpha value is -0.860. The van der Waals surface area contributed by atoms with E-state index in [1.54, 1.807) is 0 Å². The first-order valence-corrected chi connectivity index (χ1v) is 6.11. The van der Waals surface area contributed by atoms with Gasteiger partial charge in [0.15, 0.2) is 11.4 Å². The Morgan fingerprint density at radius 1 is 1.19 bits per heavy atom. The van der Waals surface area contributed by atoms with E-state index in [4.69, 9.17) is 4.74 Å². The molecule has 0 amide bonds. The molecule has 0 N–H and O–H groups in total. The Morgan fingerprint density at radius 3 is 2.31 bits per heavy atom. The van der Waals surface area contributed by atoms with Crippen molar-refractivity contribution in [1.29, 1.82) is 0 Å². The van der Waals surface area contributed by atoms with Crippen molar-refractivity contribution in [3.05, 3.63) is 0 Å². The van der Waals surface area contributed by atoms with E-state index in [2.05, 4.69) is 20.8 Å². The van der Waals surface area contributed by atoms with Gasteiger partial charge >= 0.3 is 5.97 Å². The fourth-order valence-corrected chi connectivity index (χ4v) is 4.35. The van der Waals surface area contributed by atoms with E-state index in [-0.39, 0.29) is 28.5 Å². The summed E-state index contributed by atoms with van der Waals surface area (Å²) in [7, 11) is 0. The van der Waals surface area contributed by atoms with Gasteiger partial charge in [0.1, 0.15) is 0 Å². The number of hydrogen-bond acceptors (Lipinski definition) is 3. The molecule has 2 saturated carbocycles. The number of esters is 1. The van der Waals surface area contributed by atoms with Crippen molar-refractivity contribution in [2.24, 2.45) is 16.7 Å². The van der Waals surface area contributed by atoms with E-state index < -0.39 is 5.60 Å². The quantitative estimate of drug-likeness (QED) is 0.589. The predicted octanol–water partition coefficient (Wildman–Crippen LogP) is 2.09. The van der Waals surface area contributed by atoms with Gasteiger partial charge in [-0.25, -0.2) is 0 Å². The molecule has 16 heavy (non-hydrogen) atoms. The van der Waals surface area contributed by atoms with E-state index in [9.17, 15) is 9.59 Å². The van der Waals surface area contributed by atoms with Gasteiger partial charge in [0.25, 0.3) is 0 Å². The highest BCUT2D eigenvalue weighted by atomic mass is 16.6. The molecule has 3 rings (SSSR count). The van der Waals surface area contributed by atoms with E-state index in [0.717, 1.165) is 12.8 Å². The average molecular weight is 222 g/mol. The van der Waals surface area contributed by atoms with Crippen molar-refractivity contribution in [2.75, 3.05) is 0 Å². The third-order valence-corrected chi connectivity index (χ3v) is 5.67. The van der Waals surface area contributed by atoms with Crippen molar-refractivity contribution in [3.63, 3.8) is 0 Å². The average Bonchev–Trinajstić information content (AvgIpc) is 2.70. The monoisotopic (exact) mass is 222 g/mol. The molecule has 3 nitrogen and oxygen atoms in total. The maximum Gasteiger partial charge on any atom is 0.306 e. The van der Waals surface area contributed by atoms with E-state index in [1.165, 1.54) is 0 Å². The fourth-order valence-electron chi connectivity index (χ4n) is 4.35. The Morgan fingerprint density at radius 2 is 1.88 bits per heavy atom. The zero-order valence-electron chi connectivity index (χ0n) is 10.1. The summed E-state index contributed by atoms with van der Waals surface area (Å²) in [4.78, 5) is 24.0. The molecule has 88 valence electrons. The SMILES string of the molecule is CC1(C)[C@H]2CC[C@]1(C)C(=O)[C@@]21CCC(=O)O1. The number of carbonyl (C=O) groups excluding carboxylic acids is 2. The Bertz CT molecular complexity index is 398. The predicted molar refractivity (Wildman–Crippen MR) is 57.7 cm³/mol. The van der Waals surface area contributed by atoms with Crippen LogP contribution in [0.2, 0.25) is 0 Å². The highest BCUT2D eigenvalue weighted by Crippen LogP contribution is 2.69. The normalized spacial score (nSPS) is 49.1. The molecule has 3 fully saturated rings. The summed E-state index contributed by atoms with van der Waals surface area (Å²) in [5, 5.41) is 0. The van der Waals surface area contributed by atoms with E-state index in [1.807, 2.05) is 0 Å². The lowest BCUT2D eigenvalue weighted by Gasteiger charge is -2.32. The molecule has 1 aliphatic heterocycles. The van der Waals surface area contributed by atoms with Crippen LogP contribution in [0.15, 0.2) is 0 Å². The number of carbonyl (C=O) groups is 2. The minimum atomic E-state index is -0.756. The molecular formula is C13H18O3. The van der Waals surface area contributed by atoms with Crippen molar-refractivity contribution in [1.82, 2.24) is 0 Å². The molecule has 1 saturated heterocycles.